The van der Waals surface area contributed by atoms with Gasteiger partial charge in [0, 0.05) is 23.6 Å². The summed E-state index contributed by atoms with van der Waals surface area (Å²) in [5, 5.41) is 1.11. The van der Waals surface area contributed by atoms with Gasteiger partial charge >= 0.3 is 0 Å². The lowest BCUT2D eigenvalue weighted by Gasteiger charge is -2.29. The zero-order valence-corrected chi connectivity index (χ0v) is 19.8. The Balaban J connectivity index is 1.96. The third-order valence-electron chi connectivity index (χ3n) is 6.04. The molecule has 0 aliphatic carbocycles. The van der Waals surface area contributed by atoms with Crippen molar-refractivity contribution < 1.29 is 0 Å². The monoisotopic (exact) mass is 465 g/mol. The molecule has 1 unspecified atom stereocenters. The number of aromatic nitrogens is 3. The number of fused-ring (bicyclic) bond motifs is 1. The first-order valence-electron chi connectivity index (χ1n) is 10.8. The molecule has 1 aromatic carbocycles. The number of hydrogen-bond donors (Lipinski definition) is 0. The van der Waals surface area contributed by atoms with Crippen molar-refractivity contribution >= 4 is 32.8 Å². The van der Waals surface area contributed by atoms with Gasteiger partial charge in [0.1, 0.15) is 11.6 Å². The van der Waals surface area contributed by atoms with Crippen molar-refractivity contribution in [3.8, 4) is 5.69 Å². The van der Waals surface area contributed by atoms with Gasteiger partial charge in [-0.05, 0) is 61.9 Å². The Morgan fingerprint density at radius 3 is 2.50 bits per heavy atom. The first-order valence-corrected chi connectivity index (χ1v) is 11.6. The van der Waals surface area contributed by atoms with E-state index in [1.165, 1.54) is 22.4 Å². The summed E-state index contributed by atoms with van der Waals surface area (Å²) in [4.78, 5) is 15.9. The molecule has 4 rings (SSSR count). The second kappa shape index (κ2) is 8.39. The fourth-order valence-electron chi connectivity index (χ4n) is 4.61. The van der Waals surface area contributed by atoms with Gasteiger partial charge in [-0.1, -0.05) is 29.8 Å². The lowest BCUT2D eigenvalue weighted by molar-refractivity contribution is 0.547. The smallest absolute Gasteiger partial charge is 0.241 e. The Kier molecular flexibility index (Phi) is 5.84. The average molecular weight is 466 g/mol. The molecule has 1 atom stereocenters. The molecule has 1 fully saturated rings. The molecule has 0 spiro atoms. The van der Waals surface area contributed by atoms with Gasteiger partial charge < -0.3 is 14.3 Å². The number of piperidine rings is 1. The largest absolute Gasteiger partial charge is 0.348 e. The lowest BCUT2D eigenvalue weighted by atomic mass is 10.0. The van der Waals surface area contributed by atoms with Crippen LogP contribution in [0.3, 0.4) is 0 Å². The quantitative estimate of drug-likeness (QED) is 0.456. The van der Waals surface area contributed by atoms with Gasteiger partial charge in [-0.3, -0.25) is 0 Å². The van der Waals surface area contributed by atoms with Crippen LogP contribution >= 0.6 is 15.9 Å². The van der Waals surface area contributed by atoms with Crippen LogP contribution in [-0.2, 0) is 12.8 Å². The minimum absolute atomic E-state index is 0.0522. The summed E-state index contributed by atoms with van der Waals surface area (Å²) < 4.78 is 3.39. The Morgan fingerprint density at radius 1 is 1.17 bits per heavy atom. The topological polar surface area (TPSA) is 38.3 Å². The van der Waals surface area contributed by atoms with Gasteiger partial charge in [0.05, 0.1) is 17.6 Å². The van der Waals surface area contributed by atoms with Crippen LogP contribution in [-0.4, -0.2) is 33.7 Å². The van der Waals surface area contributed by atoms with Gasteiger partial charge in [-0.25, -0.2) is 16.5 Å². The third-order valence-corrected chi connectivity index (χ3v) is 6.50. The summed E-state index contributed by atoms with van der Waals surface area (Å²) >= 11 is 3.68. The van der Waals surface area contributed by atoms with Crippen LogP contribution in [0.5, 0.6) is 0 Å². The summed E-state index contributed by atoms with van der Waals surface area (Å²) in [7, 11) is 0. The van der Waals surface area contributed by atoms with Crippen molar-refractivity contribution in [2.75, 3.05) is 18.0 Å². The minimum atomic E-state index is 0.0522. The van der Waals surface area contributed by atoms with E-state index < -0.39 is 0 Å². The van der Waals surface area contributed by atoms with Gasteiger partial charge in [0.25, 0.3) is 0 Å². The SMILES string of the molecule is [C-]#[N+]C1CCCN(c2nc(C)nc3c2c(C)cn3-c2c(CC)cc(Br)cc2CC)C1. The van der Waals surface area contributed by atoms with Crippen molar-refractivity contribution in [1.82, 2.24) is 14.5 Å². The van der Waals surface area contributed by atoms with Crippen molar-refractivity contribution in [3.63, 3.8) is 0 Å². The number of benzene rings is 1. The van der Waals surface area contributed by atoms with E-state index in [1.54, 1.807) is 0 Å². The molecule has 156 valence electrons. The van der Waals surface area contributed by atoms with E-state index in [-0.39, 0.29) is 6.04 Å². The van der Waals surface area contributed by atoms with Crippen molar-refractivity contribution in [3.05, 3.63) is 56.7 Å². The molecule has 3 heterocycles. The molecule has 0 amide bonds. The van der Waals surface area contributed by atoms with Crippen molar-refractivity contribution in [1.29, 1.82) is 0 Å². The predicted molar refractivity (Wildman–Crippen MR) is 127 cm³/mol. The van der Waals surface area contributed by atoms with Crippen LogP contribution in [0.4, 0.5) is 5.82 Å². The molecular weight excluding hydrogens is 438 g/mol. The third kappa shape index (κ3) is 3.60. The molecule has 0 N–H and O–H groups in total. The van der Waals surface area contributed by atoms with E-state index in [0.717, 1.165) is 65.9 Å². The molecule has 0 saturated carbocycles. The molecule has 30 heavy (non-hydrogen) atoms. The number of nitrogens with zero attached hydrogens (tertiary/aromatic N) is 5. The highest BCUT2D eigenvalue weighted by Gasteiger charge is 2.28. The number of rotatable bonds is 4. The zero-order valence-electron chi connectivity index (χ0n) is 18.2. The van der Waals surface area contributed by atoms with Crippen LogP contribution in [0.2, 0.25) is 0 Å². The van der Waals surface area contributed by atoms with Gasteiger partial charge in [0.2, 0.25) is 6.04 Å². The molecule has 6 heteroatoms. The standard InChI is InChI=1S/C24H28BrN5/c1-6-17-11-19(25)12-18(7-2)22(17)30-13-15(3)21-23(27-16(4)28-24(21)30)29-10-8-9-20(14-29)26-5/h11-13,20H,6-10,14H2,1-4H3. The maximum atomic E-state index is 7.48. The van der Waals surface area contributed by atoms with E-state index in [2.05, 4.69) is 69.3 Å². The van der Waals surface area contributed by atoms with E-state index in [0.29, 0.717) is 0 Å². The predicted octanol–water partition coefficient (Wildman–Crippen LogP) is 5.81. The van der Waals surface area contributed by atoms with Crippen LogP contribution in [0.25, 0.3) is 21.6 Å². The van der Waals surface area contributed by atoms with E-state index >= 15 is 0 Å². The molecule has 1 saturated heterocycles. The number of anilines is 1. The van der Waals surface area contributed by atoms with Gasteiger partial charge in [-0.15, -0.1) is 0 Å². The molecule has 1 aliphatic rings. The molecular formula is C24H28BrN5. The van der Waals surface area contributed by atoms with E-state index in [4.69, 9.17) is 16.5 Å². The average Bonchev–Trinajstić information content (AvgIpc) is 3.08. The molecule has 0 bridgehead atoms. The highest BCUT2D eigenvalue weighted by Crippen LogP contribution is 2.35. The molecule has 5 nitrogen and oxygen atoms in total. The zero-order chi connectivity index (χ0) is 21.4. The molecule has 3 aromatic rings. The molecule has 1 aliphatic heterocycles. The number of hydrogen-bond acceptors (Lipinski definition) is 3. The summed E-state index contributed by atoms with van der Waals surface area (Å²) in [6.07, 6.45) is 6.13. The highest BCUT2D eigenvalue weighted by atomic mass is 79.9. The second-order valence-electron chi connectivity index (χ2n) is 8.13. The first-order chi connectivity index (χ1) is 14.5. The first kappa shape index (κ1) is 20.9. The van der Waals surface area contributed by atoms with Crippen LogP contribution in [0, 0.1) is 20.4 Å². The van der Waals surface area contributed by atoms with Crippen molar-refractivity contribution in [2.24, 2.45) is 0 Å². The van der Waals surface area contributed by atoms with Crippen molar-refractivity contribution in [2.45, 2.75) is 59.4 Å². The maximum absolute atomic E-state index is 7.48. The fraction of sp³-hybridized carbons (Fsp3) is 0.458. The summed E-state index contributed by atoms with van der Waals surface area (Å²) in [6.45, 7) is 17.7. The van der Waals surface area contributed by atoms with Crippen LogP contribution < -0.4 is 4.90 Å². The Labute approximate surface area is 187 Å². The fourth-order valence-corrected chi connectivity index (χ4v) is 5.16. The summed E-state index contributed by atoms with van der Waals surface area (Å²) in [6, 6.07) is 4.49. The van der Waals surface area contributed by atoms with E-state index in [1.807, 2.05) is 6.92 Å². The lowest BCUT2D eigenvalue weighted by Crippen LogP contribution is -2.37. The molecule has 0 radical (unpaired) electrons. The Morgan fingerprint density at radius 2 is 1.87 bits per heavy atom. The minimum Gasteiger partial charge on any atom is -0.348 e. The summed E-state index contributed by atoms with van der Waals surface area (Å²) in [5.74, 6) is 1.75. The summed E-state index contributed by atoms with van der Waals surface area (Å²) in [5.41, 5.74) is 6.00. The van der Waals surface area contributed by atoms with Crippen LogP contribution in [0.1, 0.15) is 49.2 Å². The maximum Gasteiger partial charge on any atom is 0.241 e. The normalized spacial score (nSPS) is 16.8. The number of halogens is 1. The van der Waals surface area contributed by atoms with Gasteiger partial charge in [0.15, 0.2) is 5.65 Å². The van der Waals surface area contributed by atoms with Gasteiger partial charge in [-0.2, -0.15) is 0 Å². The second-order valence-corrected chi connectivity index (χ2v) is 9.04. The van der Waals surface area contributed by atoms with Crippen LogP contribution in [0.15, 0.2) is 22.8 Å². The number of aryl methyl sites for hydroxylation is 4. The Bertz CT molecular complexity index is 1120. The Hall–Kier alpha value is -2.39. The molecule has 2 aromatic heterocycles. The highest BCUT2D eigenvalue weighted by molar-refractivity contribution is 9.10. The van der Waals surface area contributed by atoms with E-state index in [9.17, 15) is 0 Å².